The highest BCUT2D eigenvalue weighted by Crippen LogP contribution is 2.22. The second-order valence-electron chi connectivity index (χ2n) is 5.00. The molecule has 3 N–H and O–H groups in total. The van der Waals surface area contributed by atoms with Crippen LogP contribution in [0, 0.1) is 6.92 Å². The van der Waals surface area contributed by atoms with E-state index in [-0.39, 0.29) is 24.5 Å². The third kappa shape index (κ3) is 4.74. The van der Waals surface area contributed by atoms with Gasteiger partial charge < -0.3 is 20.3 Å². The maximum Gasteiger partial charge on any atom is 0.339 e. The molecule has 0 fully saturated rings. The first kappa shape index (κ1) is 16.4. The zero-order valence-electron chi connectivity index (χ0n) is 12.6. The van der Waals surface area contributed by atoms with E-state index in [1.807, 2.05) is 31.2 Å². The van der Waals surface area contributed by atoms with E-state index >= 15 is 0 Å². The van der Waals surface area contributed by atoms with Crippen molar-refractivity contribution in [1.82, 2.24) is 0 Å². The van der Waals surface area contributed by atoms with Gasteiger partial charge in [-0.3, -0.25) is 4.79 Å². The van der Waals surface area contributed by atoms with Crippen molar-refractivity contribution in [2.24, 2.45) is 0 Å². The van der Waals surface area contributed by atoms with Crippen molar-refractivity contribution in [1.29, 1.82) is 0 Å². The summed E-state index contributed by atoms with van der Waals surface area (Å²) in [6.45, 7) is 2.19. The molecule has 0 unspecified atom stereocenters. The quantitative estimate of drug-likeness (QED) is 0.762. The number of rotatable bonds is 6. The normalized spacial score (nSPS) is 10.1. The van der Waals surface area contributed by atoms with Crippen molar-refractivity contribution in [3.05, 3.63) is 53.6 Å². The summed E-state index contributed by atoms with van der Waals surface area (Å²) >= 11 is 0. The van der Waals surface area contributed by atoms with Crippen molar-refractivity contribution >= 4 is 17.6 Å². The smallest absolute Gasteiger partial charge is 0.339 e. The first-order valence-corrected chi connectivity index (χ1v) is 7.01. The monoisotopic (exact) mass is 315 g/mol. The molecule has 0 saturated carbocycles. The number of aromatic hydroxyl groups is 1. The Bertz CT molecular complexity index is 709. The van der Waals surface area contributed by atoms with E-state index in [9.17, 15) is 14.7 Å². The fourth-order valence-corrected chi connectivity index (χ4v) is 1.91. The highest BCUT2D eigenvalue weighted by atomic mass is 16.5. The third-order valence-electron chi connectivity index (χ3n) is 3.13. The van der Waals surface area contributed by atoms with E-state index in [1.165, 1.54) is 18.2 Å². The molecule has 2 aromatic carbocycles. The molecule has 0 saturated heterocycles. The summed E-state index contributed by atoms with van der Waals surface area (Å²) in [6, 6.07) is 11.3. The summed E-state index contributed by atoms with van der Waals surface area (Å²) in [5, 5.41) is 21.0. The third-order valence-corrected chi connectivity index (χ3v) is 3.13. The molecule has 6 nitrogen and oxygen atoms in total. The second kappa shape index (κ2) is 7.31. The molecule has 120 valence electrons. The van der Waals surface area contributed by atoms with Gasteiger partial charge in [0.1, 0.15) is 17.1 Å². The van der Waals surface area contributed by atoms with Gasteiger partial charge in [-0.05, 0) is 31.2 Å². The fourth-order valence-electron chi connectivity index (χ4n) is 1.91. The molecule has 0 bridgehead atoms. The van der Waals surface area contributed by atoms with Gasteiger partial charge in [0.2, 0.25) is 5.91 Å². The minimum atomic E-state index is -1.23. The minimum Gasteiger partial charge on any atom is -0.507 e. The maximum atomic E-state index is 11.8. The maximum absolute atomic E-state index is 11.8. The number of hydrogen-bond donors (Lipinski definition) is 3. The van der Waals surface area contributed by atoms with E-state index in [1.54, 1.807) is 0 Å². The van der Waals surface area contributed by atoms with Crippen LogP contribution in [0.5, 0.6) is 11.5 Å². The van der Waals surface area contributed by atoms with Crippen LogP contribution in [0.2, 0.25) is 0 Å². The van der Waals surface area contributed by atoms with Crippen LogP contribution in [0.15, 0.2) is 42.5 Å². The van der Waals surface area contributed by atoms with Gasteiger partial charge in [0, 0.05) is 11.8 Å². The SMILES string of the molecule is Cc1ccc(OCCC(=O)Nc2ccc(C(=O)O)c(O)c2)cc1. The van der Waals surface area contributed by atoms with Crippen LogP contribution in [0.25, 0.3) is 0 Å². The lowest BCUT2D eigenvalue weighted by atomic mass is 10.2. The van der Waals surface area contributed by atoms with Gasteiger partial charge in [-0.1, -0.05) is 17.7 Å². The lowest BCUT2D eigenvalue weighted by molar-refractivity contribution is -0.116. The van der Waals surface area contributed by atoms with Crippen LogP contribution >= 0.6 is 0 Å². The number of ether oxygens (including phenoxy) is 1. The highest BCUT2D eigenvalue weighted by Gasteiger charge is 2.11. The number of aromatic carboxylic acids is 1. The van der Waals surface area contributed by atoms with Crippen LogP contribution in [0.1, 0.15) is 22.3 Å². The average Bonchev–Trinajstić information content (AvgIpc) is 2.49. The van der Waals surface area contributed by atoms with Crippen molar-refractivity contribution in [2.45, 2.75) is 13.3 Å². The van der Waals surface area contributed by atoms with Gasteiger partial charge in [0.05, 0.1) is 13.0 Å². The number of phenols is 1. The highest BCUT2D eigenvalue weighted by molar-refractivity contribution is 5.94. The number of carbonyl (C=O) groups is 2. The Morgan fingerprint density at radius 3 is 2.43 bits per heavy atom. The molecular weight excluding hydrogens is 298 g/mol. The van der Waals surface area contributed by atoms with E-state index in [4.69, 9.17) is 9.84 Å². The summed E-state index contributed by atoms with van der Waals surface area (Å²) in [7, 11) is 0. The molecule has 2 aromatic rings. The van der Waals surface area contributed by atoms with E-state index < -0.39 is 11.7 Å². The molecule has 6 heteroatoms. The Hall–Kier alpha value is -3.02. The Morgan fingerprint density at radius 1 is 1.13 bits per heavy atom. The zero-order chi connectivity index (χ0) is 16.8. The zero-order valence-corrected chi connectivity index (χ0v) is 12.6. The molecule has 0 aliphatic heterocycles. The number of carboxylic acids is 1. The fraction of sp³-hybridized carbons (Fsp3) is 0.176. The molecule has 1 amide bonds. The van der Waals surface area contributed by atoms with Crippen molar-refractivity contribution in [2.75, 3.05) is 11.9 Å². The molecule has 0 aromatic heterocycles. The second-order valence-corrected chi connectivity index (χ2v) is 5.00. The topological polar surface area (TPSA) is 95.9 Å². The Labute approximate surface area is 133 Å². The molecule has 0 aliphatic carbocycles. The minimum absolute atomic E-state index is 0.134. The van der Waals surface area contributed by atoms with Gasteiger partial charge in [-0.15, -0.1) is 0 Å². The standard InChI is InChI=1S/C17H17NO5/c1-11-2-5-13(6-3-11)23-9-8-16(20)18-12-4-7-14(17(21)22)15(19)10-12/h2-7,10,19H,8-9H2,1H3,(H,18,20)(H,21,22). The largest absolute Gasteiger partial charge is 0.507 e. The molecule has 0 heterocycles. The summed E-state index contributed by atoms with van der Waals surface area (Å²) in [6.07, 6.45) is 0.134. The predicted molar refractivity (Wildman–Crippen MR) is 85.0 cm³/mol. The average molecular weight is 315 g/mol. The molecular formula is C17H17NO5. The van der Waals surface area contributed by atoms with Crippen LogP contribution in [-0.2, 0) is 4.79 Å². The van der Waals surface area contributed by atoms with Gasteiger partial charge in [0.15, 0.2) is 0 Å². The van der Waals surface area contributed by atoms with Gasteiger partial charge in [-0.25, -0.2) is 4.79 Å². The molecule has 2 rings (SSSR count). The van der Waals surface area contributed by atoms with E-state index in [2.05, 4.69) is 5.32 Å². The molecule has 0 aliphatic rings. The number of aryl methyl sites for hydroxylation is 1. The first-order valence-electron chi connectivity index (χ1n) is 7.01. The van der Waals surface area contributed by atoms with Crippen molar-refractivity contribution in [3.8, 4) is 11.5 Å². The summed E-state index contributed by atoms with van der Waals surface area (Å²) in [5.74, 6) is -1.23. The Kier molecular flexibility index (Phi) is 5.19. The van der Waals surface area contributed by atoms with Crippen LogP contribution in [0.4, 0.5) is 5.69 Å². The number of anilines is 1. The molecule has 0 radical (unpaired) electrons. The van der Waals surface area contributed by atoms with Gasteiger partial charge in [0.25, 0.3) is 0 Å². The Morgan fingerprint density at radius 2 is 1.83 bits per heavy atom. The number of carboxylic acid groups (broad SMARTS) is 1. The molecule has 23 heavy (non-hydrogen) atoms. The van der Waals surface area contributed by atoms with Crippen LogP contribution in [-0.4, -0.2) is 28.7 Å². The van der Waals surface area contributed by atoms with Crippen LogP contribution in [0.3, 0.4) is 0 Å². The number of amides is 1. The van der Waals surface area contributed by atoms with Crippen molar-refractivity contribution in [3.63, 3.8) is 0 Å². The Balaban J connectivity index is 1.84. The summed E-state index contributed by atoms with van der Waals surface area (Å²) < 4.78 is 5.46. The number of carbonyl (C=O) groups excluding carboxylic acids is 1. The van der Waals surface area contributed by atoms with E-state index in [0.29, 0.717) is 11.4 Å². The van der Waals surface area contributed by atoms with Gasteiger partial charge >= 0.3 is 5.97 Å². The lowest BCUT2D eigenvalue weighted by Gasteiger charge is -2.08. The number of nitrogens with one attached hydrogen (secondary N) is 1. The summed E-state index contributed by atoms with van der Waals surface area (Å²) in [5.41, 5.74) is 1.23. The number of hydrogen-bond acceptors (Lipinski definition) is 4. The lowest BCUT2D eigenvalue weighted by Crippen LogP contribution is -2.15. The summed E-state index contributed by atoms with van der Waals surface area (Å²) in [4.78, 5) is 22.6. The number of benzene rings is 2. The van der Waals surface area contributed by atoms with Gasteiger partial charge in [-0.2, -0.15) is 0 Å². The van der Waals surface area contributed by atoms with E-state index in [0.717, 1.165) is 5.56 Å². The predicted octanol–water partition coefficient (Wildman–Crippen LogP) is 2.81. The molecule has 0 atom stereocenters. The van der Waals surface area contributed by atoms with Crippen LogP contribution < -0.4 is 10.1 Å². The molecule has 0 spiro atoms. The first-order chi connectivity index (χ1) is 11.0. The van der Waals surface area contributed by atoms with Crippen molar-refractivity contribution < 1.29 is 24.5 Å².